The Kier molecular flexibility index (Phi) is 53.4. The summed E-state index contributed by atoms with van der Waals surface area (Å²) < 4.78 is 0. The summed E-state index contributed by atoms with van der Waals surface area (Å²) in [7, 11) is 0. The third-order valence-electron chi connectivity index (χ3n) is 13.8. The van der Waals surface area contributed by atoms with Gasteiger partial charge in [0.05, 0.1) is 18.8 Å². The second kappa shape index (κ2) is 54.4. The molecule has 4 N–H and O–H groups in total. The first-order valence-corrected chi connectivity index (χ1v) is 29.1. The Balaban J connectivity index is 3.48. The summed E-state index contributed by atoms with van der Waals surface area (Å²) in [5.74, 6) is -0.466. The molecule has 380 valence electrons. The summed E-state index contributed by atoms with van der Waals surface area (Å²) in [6.07, 6.45) is 69.5. The average molecular weight is 903 g/mol. The van der Waals surface area contributed by atoms with Crippen LogP contribution >= 0.6 is 0 Å². The van der Waals surface area contributed by atoms with E-state index in [0.717, 1.165) is 38.5 Å². The van der Waals surface area contributed by atoms with Crippen molar-refractivity contribution in [3.63, 3.8) is 0 Å². The van der Waals surface area contributed by atoms with Crippen molar-refractivity contribution in [1.82, 2.24) is 5.32 Å². The molecule has 0 aliphatic heterocycles. The van der Waals surface area contributed by atoms with E-state index in [1.165, 1.54) is 257 Å². The molecule has 0 aromatic carbocycles. The zero-order valence-corrected chi connectivity index (χ0v) is 43.4. The van der Waals surface area contributed by atoms with E-state index in [9.17, 15) is 20.1 Å². The lowest BCUT2D eigenvalue weighted by Gasteiger charge is -2.23. The molecule has 0 rings (SSSR count). The SMILES string of the molecule is CCCCCCCCCCCCC/C=C\C/C=C\CCCCCCCCCCCCCCCCCCC(O)C(=O)NC(CO)C(O)CCCCCCCCCCCCCCCCCC. The van der Waals surface area contributed by atoms with E-state index in [0.29, 0.717) is 12.8 Å². The number of aliphatic hydroxyl groups excluding tert-OH is 3. The predicted octanol–water partition coefficient (Wildman–Crippen LogP) is 18.1. The van der Waals surface area contributed by atoms with Gasteiger partial charge in [0.25, 0.3) is 0 Å². The topological polar surface area (TPSA) is 89.8 Å². The molecule has 64 heavy (non-hydrogen) atoms. The maximum Gasteiger partial charge on any atom is 0.249 e. The minimum atomic E-state index is -1.07. The van der Waals surface area contributed by atoms with Gasteiger partial charge in [-0.1, -0.05) is 301 Å². The molecular formula is C59H115NO4. The number of carbonyl (C=O) groups excluding carboxylic acids is 1. The molecule has 0 heterocycles. The molecule has 0 aliphatic rings. The van der Waals surface area contributed by atoms with Crippen molar-refractivity contribution in [1.29, 1.82) is 0 Å². The third kappa shape index (κ3) is 48.8. The minimum Gasteiger partial charge on any atom is -0.394 e. The van der Waals surface area contributed by atoms with Crippen LogP contribution in [0.15, 0.2) is 24.3 Å². The zero-order chi connectivity index (χ0) is 46.5. The van der Waals surface area contributed by atoms with Crippen LogP contribution in [-0.2, 0) is 4.79 Å². The number of allylic oxidation sites excluding steroid dienone is 4. The Morgan fingerprint density at radius 2 is 0.641 bits per heavy atom. The fourth-order valence-electron chi connectivity index (χ4n) is 9.28. The average Bonchev–Trinajstić information content (AvgIpc) is 3.30. The molecule has 3 unspecified atom stereocenters. The van der Waals surface area contributed by atoms with Crippen LogP contribution in [0.1, 0.15) is 322 Å². The molecular weight excluding hydrogens is 787 g/mol. The molecule has 0 spiro atoms. The molecule has 0 radical (unpaired) electrons. The van der Waals surface area contributed by atoms with E-state index in [4.69, 9.17) is 0 Å². The maximum atomic E-state index is 12.6. The van der Waals surface area contributed by atoms with Gasteiger partial charge in [0.15, 0.2) is 0 Å². The highest BCUT2D eigenvalue weighted by atomic mass is 16.3. The first-order chi connectivity index (χ1) is 31.6. The number of amides is 1. The van der Waals surface area contributed by atoms with Crippen molar-refractivity contribution in [2.24, 2.45) is 0 Å². The summed E-state index contributed by atoms with van der Waals surface area (Å²) >= 11 is 0. The molecule has 0 saturated heterocycles. The normalized spacial score (nSPS) is 13.4. The van der Waals surface area contributed by atoms with E-state index in [2.05, 4.69) is 43.5 Å². The van der Waals surface area contributed by atoms with E-state index >= 15 is 0 Å². The molecule has 0 bridgehead atoms. The summed E-state index contributed by atoms with van der Waals surface area (Å²) in [6.45, 7) is 4.26. The maximum absolute atomic E-state index is 12.6. The van der Waals surface area contributed by atoms with Gasteiger partial charge in [-0.05, 0) is 44.9 Å². The second-order valence-corrected chi connectivity index (χ2v) is 20.2. The van der Waals surface area contributed by atoms with Crippen LogP contribution in [-0.4, -0.2) is 46.1 Å². The van der Waals surface area contributed by atoms with Gasteiger partial charge in [0.1, 0.15) is 6.10 Å². The summed E-state index contributed by atoms with van der Waals surface area (Å²) in [4.78, 5) is 12.6. The summed E-state index contributed by atoms with van der Waals surface area (Å²) in [6, 6.07) is -0.710. The molecule has 0 aromatic heterocycles. The van der Waals surface area contributed by atoms with Gasteiger partial charge in [0.2, 0.25) is 5.91 Å². The fourth-order valence-corrected chi connectivity index (χ4v) is 9.28. The number of aliphatic hydroxyl groups is 3. The minimum absolute atomic E-state index is 0.310. The van der Waals surface area contributed by atoms with E-state index in [1.807, 2.05) is 0 Å². The molecule has 0 fully saturated rings. The van der Waals surface area contributed by atoms with Gasteiger partial charge in [-0.25, -0.2) is 0 Å². The molecule has 0 aromatic rings. The standard InChI is InChI=1S/C59H115NO4/c1-3-5-7-9-11-13-15-17-19-21-22-23-24-25-26-27-28-29-30-31-32-33-34-35-36-37-38-40-42-44-46-48-50-52-54-58(63)59(64)60-56(55-61)57(62)53-51-49-47-45-43-41-39-20-18-16-14-12-10-8-6-4-2/h24-25,27-28,56-58,61-63H,3-23,26,29-55H2,1-2H3,(H,60,64)/b25-24-,28-27-. The molecule has 0 aliphatic carbocycles. The lowest BCUT2D eigenvalue weighted by Crippen LogP contribution is -2.49. The van der Waals surface area contributed by atoms with E-state index < -0.39 is 24.2 Å². The summed E-state index contributed by atoms with van der Waals surface area (Å²) in [5, 5.41) is 33.5. The predicted molar refractivity (Wildman–Crippen MR) is 282 cm³/mol. The largest absolute Gasteiger partial charge is 0.394 e. The molecule has 3 atom stereocenters. The molecule has 5 nitrogen and oxygen atoms in total. The zero-order valence-electron chi connectivity index (χ0n) is 43.4. The molecule has 1 amide bonds. The van der Waals surface area contributed by atoms with E-state index in [1.54, 1.807) is 0 Å². The Morgan fingerprint density at radius 3 is 0.938 bits per heavy atom. The molecule has 0 saturated carbocycles. The van der Waals surface area contributed by atoms with Crippen molar-refractivity contribution in [2.75, 3.05) is 6.61 Å². The van der Waals surface area contributed by atoms with Crippen LogP contribution in [0.5, 0.6) is 0 Å². The Morgan fingerprint density at radius 1 is 0.375 bits per heavy atom. The van der Waals surface area contributed by atoms with Crippen molar-refractivity contribution in [3.8, 4) is 0 Å². The first-order valence-electron chi connectivity index (χ1n) is 29.1. The smallest absolute Gasteiger partial charge is 0.249 e. The highest BCUT2D eigenvalue weighted by Crippen LogP contribution is 2.18. The summed E-state index contributed by atoms with van der Waals surface area (Å²) in [5.41, 5.74) is 0. The van der Waals surface area contributed by atoms with Crippen LogP contribution in [0.25, 0.3) is 0 Å². The van der Waals surface area contributed by atoms with Crippen molar-refractivity contribution in [2.45, 2.75) is 340 Å². The first kappa shape index (κ1) is 62.8. The number of carbonyl (C=O) groups is 1. The van der Waals surface area contributed by atoms with Crippen LogP contribution in [0, 0.1) is 0 Å². The third-order valence-corrected chi connectivity index (χ3v) is 13.8. The van der Waals surface area contributed by atoms with Gasteiger partial charge in [0, 0.05) is 0 Å². The van der Waals surface area contributed by atoms with Crippen LogP contribution in [0.3, 0.4) is 0 Å². The van der Waals surface area contributed by atoms with Crippen LogP contribution < -0.4 is 5.32 Å². The van der Waals surface area contributed by atoms with Crippen molar-refractivity contribution in [3.05, 3.63) is 24.3 Å². The Labute approximate surface area is 401 Å². The van der Waals surface area contributed by atoms with Gasteiger partial charge in [-0.15, -0.1) is 0 Å². The van der Waals surface area contributed by atoms with Gasteiger partial charge < -0.3 is 20.6 Å². The van der Waals surface area contributed by atoms with Gasteiger partial charge in [-0.3, -0.25) is 4.79 Å². The molecule has 5 heteroatoms. The highest BCUT2D eigenvalue weighted by Gasteiger charge is 2.23. The quantitative estimate of drug-likeness (QED) is 0.0362. The van der Waals surface area contributed by atoms with E-state index in [-0.39, 0.29) is 6.61 Å². The number of unbranched alkanes of at least 4 members (excludes halogenated alkanes) is 42. The monoisotopic (exact) mass is 902 g/mol. The second-order valence-electron chi connectivity index (χ2n) is 20.2. The van der Waals surface area contributed by atoms with Gasteiger partial charge in [-0.2, -0.15) is 0 Å². The van der Waals surface area contributed by atoms with Gasteiger partial charge >= 0.3 is 0 Å². The lowest BCUT2D eigenvalue weighted by atomic mass is 10.0. The number of hydrogen-bond acceptors (Lipinski definition) is 4. The number of hydrogen-bond donors (Lipinski definition) is 4. The van der Waals surface area contributed by atoms with Crippen molar-refractivity contribution >= 4 is 5.91 Å². The highest BCUT2D eigenvalue weighted by molar-refractivity contribution is 5.80. The Hall–Kier alpha value is -1.17. The van der Waals surface area contributed by atoms with Crippen LogP contribution in [0.2, 0.25) is 0 Å². The Bertz CT molecular complexity index is 951. The van der Waals surface area contributed by atoms with Crippen molar-refractivity contribution < 1.29 is 20.1 Å². The fraction of sp³-hybridized carbons (Fsp3) is 0.915. The number of rotatable bonds is 54. The lowest BCUT2D eigenvalue weighted by molar-refractivity contribution is -0.131. The van der Waals surface area contributed by atoms with Crippen LogP contribution in [0.4, 0.5) is 0 Å². The number of nitrogens with one attached hydrogen (secondary N) is 1.